The van der Waals surface area contributed by atoms with Crippen LogP contribution in [-0.4, -0.2) is 23.0 Å². The Morgan fingerprint density at radius 2 is 2.00 bits per heavy atom. The van der Waals surface area contributed by atoms with Gasteiger partial charge in [-0.15, -0.1) is 5.10 Å². The molecule has 118 valence electrons. The molecule has 2 rings (SSSR count). The highest BCUT2D eigenvalue weighted by Crippen LogP contribution is 2.34. The van der Waals surface area contributed by atoms with Crippen LogP contribution in [0, 0.1) is 12.8 Å². The number of amidine groups is 1. The van der Waals surface area contributed by atoms with Crippen molar-refractivity contribution in [2.45, 2.75) is 40.5 Å². The van der Waals surface area contributed by atoms with E-state index in [0.29, 0.717) is 22.8 Å². The van der Waals surface area contributed by atoms with Crippen LogP contribution in [0.4, 0.5) is 5.69 Å². The Kier molecular flexibility index (Phi) is 5.40. The number of carbonyl (C=O) groups is 1. The van der Waals surface area contributed by atoms with Crippen LogP contribution in [0.25, 0.3) is 0 Å². The fourth-order valence-corrected chi connectivity index (χ4v) is 3.04. The summed E-state index contributed by atoms with van der Waals surface area (Å²) in [5.41, 5.74) is 3.22. The Labute approximate surface area is 136 Å². The van der Waals surface area contributed by atoms with Crippen LogP contribution in [-0.2, 0) is 4.79 Å². The van der Waals surface area contributed by atoms with E-state index in [1.165, 1.54) is 11.8 Å². The zero-order chi connectivity index (χ0) is 16.3. The molecule has 0 aromatic heterocycles. The molecule has 4 nitrogen and oxygen atoms in total. The predicted molar refractivity (Wildman–Crippen MR) is 96.0 cm³/mol. The summed E-state index contributed by atoms with van der Waals surface area (Å²) in [4.78, 5) is 14.1. The first-order valence-electron chi connectivity index (χ1n) is 7.57. The van der Waals surface area contributed by atoms with Gasteiger partial charge in [0.2, 0.25) is 5.91 Å². The first kappa shape index (κ1) is 16.7. The van der Waals surface area contributed by atoms with E-state index in [2.05, 4.69) is 42.2 Å². The van der Waals surface area contributed by atoms with Crippen molar-refractivity contribution in [3.63, 3.8) is 0 Å². The lowest BCUT2D eigenvalue weighted by molar-refractivity contribution is -0.115. The van der Waals surface area contributed by atoms with Crippen LogP contribution in [0.15, 0.2) is 28.4 Å². The van der Waals surface area contributed by atoms with Crippen molar-refractivity contribution in [3.05, 3.63) is 29.3 Å². The number of aryl methyl sites for hydroxylation is 1. The lowest BCUT2D eigenvalue weighted by atomic mass is 9.99. The van der Waals surface area contributed by atoms with Crippen molar-refractivity contribution < 1.29 is 4.79 Å². The molecular formula is C17H23N3OS. The Hall–Kier alpha value is -1.62. The van der Waals surface area contributed by atoms with E-state index in [9.17, 15) is 4.79 Å². The highest BCUT2D eigenvalue weighted by molar-refractivity contribution is 8.15. The minimum absolute atomic E-state index is 0.0657. The number of rotatable bonds is 4. The first-order valence-corrected chi connectivity index (χ1v) is 8.56. The number of thioether (sulfide) groups is 1. The van der Waals surface area contributed by atoms with Crippen LogP contribution < -0.4 is 4.90 Å². The zero-order valence-electron chi connectivity index (χ0n) is 13.8. The normalized spacial score (nSPS) is 17.7. The van der Waals surface area contributed by atoms with Crippen molar-refractivity contribution in [2.24, 2.45) is 16.1 Å². The van der Waals surface area contributed by atoms with Gasteiger partial charge in [0.1, 0.15) is 0 Å². The second kappa shape index (κ2) is 7.09. The van der Waals surface area contributed by atoms with Gasteiger partial charge in [-0.1, -0.05) is 51.6 Å². The first-order chi connectivity index (χ1) is 10.4. The third-order valence-electron chi connectivity index (χ3n) is 3.32. The number of benzene rings is 1. The van der Waals surface area contributed by atoms with E-state index in [1.807, 2.05) is 20.8 Å². The molecule has 1 aromatic carbocycles. The van der Waals surface area contributed by atoms with Gasteiger partial charge < -0.3 is 0 Å². The fraction of sp³-hybridized carbons (Fsp3) is 0.471. The summed E-state index contributed by atoms with van der Waals surface area (Å²) < 4.78 is 0. The summed E-state index contributed by atoms with van der Waals surface area (Å²) in [6, 6.07) is 6.24. The number of hydrogen-bond acceptors (Lipinski definition) is 4. The van der Waals surface area contributed by atoms with Crippen molar-refractivity contribution in [2.75, 3.05) is 10.7 Å². The average molecular weight is 317 g/mol. The molecule has 1 aliphatic rings. The second-order valence-corrected chi connectivity index (χ2v) is 7.07. The van der Waals surface area contributed by atoms with Gasteiger partial charge in [-0.2, -0.15) is 5.10 Å². The van der Waals surface area contributed by atoms with Crippen molar-refractivity contribution in [3.8, 4) is 0 Å². The predicted octanol–water partition coefficient (Wildman–Crippen LogP) is 4.20. The van der Waals surface area contributed by atoms with Gasteiger partial charge >= 0.3 is 0 Å². The molecule has 5 heteroatoms. The van der Waals surface area contributed by atoms with Crippen molar-refractivity contribution in [1.82, 2.24) is 0 Å². The highest BCUT2D eigenvalue weighted by Gasteiger charge is 2.31. The fourth-order valence-electron chi connectivity index (χ4n) is 2.22. The number of amides is 1. The van der Waals surface area contributed by atoms with E-state index in [4.69, 9.17) is 0 Å². The molecule has 0 atom stereocenters. The molecule has 1 heterocycles. The quantitative estimate of drug-likeness (QED) is 0.617. The number of carbonyl (C=O) groups excluding carboxylic acids is 1. The highest BCUT2D eigenvalue weighted by atomic mass is 32.2. The molecular weight excluding hydrogens is 294 g/mol. The van der Waals surface area contributed by atoms with Gasteiger partial charge in [0.15, 0.2) is 5.17 Å². The average Bonchev–Trinajstić information content (AvgIpc) is 2.79. The number of hydrogen-bond donors (Lipinski definition) is 0. The standard InChI is InChI=1S/C17H23N3OS/c1-11(2)9-18-19-17-20(16(21)10-22-17)15-8-13(5)6-7-14(15)12(3)4/h6-9,11-12H,10H2,1-5H3/b18-9+,19-17-. The van der Waals surface area contributed by atoms with E-state index in [-0.39, 0.29) is 5.91 Å². The minimum Gasteiger partial charge on any atom is -0.273 e. The molecule has 0 unspecified atom stereocenters. The van der Waals surface area contributed by atoms with Gasteiger partial charge in [-0.05, 0) is 36.0 Å². The van der Waals surface area contributed by atoms with Gasteiger partial charge in [0.05, 0.1) is 11.4 Å². The monoisotopic (exact) mass is 317 g/mol. The molecule has 1 amide bonds. The lowest BCUT2D eigenvalue weighted by Gasteiger charge is -2.21. The molecule has 0 N–H and O–H groups in total. The van der Waals surface area contributed by atoms with Crippen LogP contribution in [0.1, 0.15) is 44.7 Å². The molecule has 0 saturated carbocycles. The lowest BCUT2D eigenvalue weighted by Crippen LogP contribution is -2.30. The molecule has 0 radical (unpaired) electrons. The zero-order valence-corrected chi connectivity index (χ0v) is 14.6. The van der Waals surface area contributed by atoms with Gasteiger partial charge in [-0.3, -0.25) is 9.69 Å². The maximum Gasteiger partial charge on any atom is 0.243 e. The smallest absolute Gasteiger partial charge is 0.243 e. The van der Waals surface area contributed by atoms with Crippen molar-refractivity contribution in [1.29, 1.82) is 0 Å². The molecule has 1 saturated heterocycles. The van der Waals surface area contributed by atoms with Crippen LogP contribution >= 0.6 is 11.8 Å². The molecule has 22 heavy (non-hydrogen) atoms. The summed E-state index contributed by atoms with van der Waals surface area (Å²) in [6.07, 6.45) is 1.79. The van der Waals surface area contributed by atoms with Crippen LogP contribution in [0.5, 0.6) is 0 Å². The van der Waals surface area contributed by atoms with E-state index >= 15 is 0 Å². The van der Waals surface area contributed by atoms with Gasteiger partial charge in [0, 0.05) is 6.21 Å². The van der Waals surface area contributed by atoms with Gasteiger partial charge in [0.25, 0.3) is 0 Å². The molecule has 0 bridgehead atoms. The summed E-state index contributed by atoms with van der Waals surface area (Å²) in [7, 11) is 0. The Morgan fingerprint density at radius 3 is 2.64 bits per heavy atom. The molecule has 0 spiro atoms. The largest absolute Gasteiger partial charge is 0.273 e. The number of nitrogens with zero attached hydrogens (tertiary/aromatic N) is 3. The maximum absolute atomic E-state index is 12.3. The Morgan fingerprint density at radius 1 is 1.27 bits per heavy atom. The van der Waals surface area contributed by atoms with E-state index in [0.717, 1.165) is 16.8 Å². The van der Waals surface area contributed by atoms with Crippen LogP contribution in [0.3, 0.4) is 0 Å². The van der Waals surface area contributed by atoms with E-state index in [1.54, 1.807) is 11.1 Å². The summed E-state index contributed by atoms with van der Waals surface area (Å²) in [6.45, 7) is 10.4. The van der Waals surface area contributed by atoms with Crippen LogP contribution in [0.2, 0.25) is 0 Å². The SMILES string of the molecule is Cc1ccc(C(C)C)c(N2C(=O)CS/C2=N\N=C\C(C)C)c1. The summed E-state index contributed by atoms with van der Waals surface area (Å²) in [5, 5.41) is 9.03. The minimum atomic E-state index is 0.0657. The molecule has 1 aliphatic heterocycles. The summed E-state index contributed by atoms with van der Waals surface area (Å²) in [5.74, 6) is 1.16. The molecule has 0 aliphatic carbocycles. The van der Waals surface area contributed by atoms with Crippen molar-refractivity contribution >= 4 is 34.7 Å². The third-order valence-corrected chi connectivity index (χ3v) is 4.24. The maximum atomic E-state index is 12.3. The Bertz CT molecular complexity index is 620. The van der Waals surface area contributed by atoms with E-state index < -0.39 is 0 Å². The topological polar surface area (TPSA) is 45.0 Å². The molecule has 1 aromatic rings. The number of anilines is 1. The molecule has 1 fully saturated rings. The second-order valence-electron chi connectivity index (χ2n) is 6.13. The summed E-state index contributed by atoms with van der Waals surface area (Å²) >= 11 is 1.44. The van der Waals surface area contributed by atoms with Gasteiger partial charge in [-0.25, -0.2) is 0 Å². The Balaban J connectivity index is 2.44. The third kappa shape index (κ3) is 3.77.